The van der Waals surface area contributed by atoms with E-state index in [1.165, 1.54) is 0 Å². The van der Waals surface area contributed by atoms with Crippen LogP contribution in [0.2, 0.25) is 0 Å². The Labute approximate surface area is 204 Å². The molecular formula is C19H24N12O5. The Morgan fingerprint density at radius 3 is 2.19 bits per heavy atom. The predicted octanol–water partition coefficient (Wildman–Crippen LogP) is 3.54. The lowest BCUT2D eigenvalue weighted by Gasteiger charge is -2.44. The van der Waals surface area contributed by atoms with E-state index in [9.17, 15) is 10.2 Å². The van der Waals surface area contributed by atoms with Gasteiger partial charge in [-0.3, -0.25) is 0 Å². The van der Waals surface area contributed by atoms with Crippen LogP contribution in [-0.4, -0.2) is 71.7 Å². The minimum Gasteiger partial charge on any atom is -0.390 e. The fourth-order valence-corrected chi connectivity index (χ4v) is 4.23. The van der Waals surface area contributed by atoms with Crippen LogP contribution in [0.15, 0.2) is 50.8 Å². The van der Waals surface area contributed by atoms with Gasteiger partial charge in [-0.25, -0.2) is 0 Å². The molecule has 0 amide bonds. The molecule has 36 heavy (non-hydrogen) atoms. The third kappa shape index (κ3) is 6.68. The molecule has 3 rings (SSSR count). The van der Waals surface area contributed by atoms with Crippen LogP contribution in [0, 0.1) is 0 Å². The van der Waals surface area contributed by atoms with Gasteiger partial charge in [0.15, 0.2) is 6.29 Å². The van der Waals surface area contributed by atoms with Crippen LogP contribution < -0.4 is 0 Å². The van der Waals surface area contributed by atoms with Crippen molar-refractivity contribution in [3.63, 3.8) is 0 Å². The number of benzene rings is 1. The summed E-state index contributed by atoms with van der Waals surface area (Å²) in [5, 5.41) is 35.4. The van der Waals surface area contributed by atoms with Gasteiger partial charge in [0.05, 0.1) is 55.7 Å². The zero-order valence-electron chi connectivity index (χ0n) is 18.9. The van der Waals surface area contributed by atoms with Crippen molar-refractivity contribution in [3.05, 3.63) is 77.7 Å². The van der Waals surface area contributed by atoms with Crippen molar-refractivity contribution in [2.45, 2.75) is 74.4 Å². The van der Waals surface area contributed by atoms with E-state index in [2.05, 4.69) is 40.1 Å². The van der Waals surface area contributed by atoms with E-state index in [-0.39, 0.29) is 26.0 Å². The van der Waals surface area contributed by atoms with Crippen LogP contribution in [0.3, 0.4) is 0 Å². The molecule has 0 radical (unpaired) electrons. The van der Waals surface area contributed by atoms with Gasteiger partial charge in [-0.2, -0.15) is 0 Å². The Hall–Kier alpha value is -3.74. The van der Waals surface area contributed by atoms with Gasteiger partial charge in [-0.15, -0.1) is 0 Å². The molecule has 1 heterocycles. The fourth-order valence-electron chi connectivity index (χ4n) is 4.23. The molecule has 2 fully saturated rings. The number of nitrogens with zero attached hydrogens (tertiary/aromatic N) is 12. The van der Waals surface area contributed by atoms with Crippen molar-refractivity contribution in [2.75, 3.05) is 6.54 Å². The average Bonchev–Trinajstić information content (AvgIpc) is 2.89. The first kappa shape index (κ1) is 26.9. The van der Waals surface area contributed by atoms with Gasteiger partial charge in [-0.05, 0) is 40.5 Å². The maximum absolute atomic E-state index is 10.7. The zero-order chi connectivity index (χ0) is 25.9. The van der Waals surface area contributed by atoms with Gasteiger partial charge in [-0.1, -0.05) is 50.8 Å². The second-order valence-corrected chi connectivity index (χ2v) is 8.16. The minimum atomic E-state index is -1.61. The molecule has 0 unspecified atom stereocenters. The van der Waals surface area contributed by atoms with Crippen molar-refractivity contribution < 1.29 is 24.4 Å². The number of azide groups is 4. The van der Waals surface area contributed by atoms with Crippen molar-refractivity contribution in [1.82, 2.24) is 0 Å². The van der Waals surface area contributed by atoms with Gasteiger partial charge < -0.3 is 24.4 Å². The van der Waals surface area contributed by atoms with Gasteiger partial charge in [0.2, 0.25) is 0 Å². The van der Waals surface area contributed by atoms with E-state index in [0.717, 1.165) is 5.56 Å². The number of hydrogen-bond acceptors (Lipinski definition) is 9. The van der Waals surface area contributed by atoms with Crippen LogP contribution in [0.1, 0.15) is 18.4 Å². The van der Waals surface area contributed by atoms with E-state index in [4.69, 9.17) is 36.3 Å². The number of rotatable bonds is 10. The molecule has 1 saturated carbocycles. The summed E-state index contributed by atoms with van der Waals surface area (Å²) in [6.45, 7) is 0.108. The highest BCUT2D eigenvalue weighted by atomic mass is 16.7. The Balaban J connectivity index is 1.81. The lowest BCUT2D eigenvalue weighted by atomic mass is 9.84. The van der Waals surface area contributed by atoms with E-state index >= 15 is 0 Å². The number of ether oxygens (including phenoxy) is 3. The molecule has 1 aromatic rings. The molecule has 2 aliphatic rings. The monoisotopic (exact) mass is 500 g/mol. The highest BCUT2D eigenvalue weighted by Crippen LogP contribution is 2.33. The summed E-state index contributed by atoms with van der Waals surface area (Å²) in [7, 11) is 0. The number of hydrogen-bond donors (Lipinski definition) is 2. The van der Waals surface area contributed by atoms with E-state index in [1.54, 1.807) is 0 Å². The maximum atomic E-state index is 10.7. The van der Waals surface area contributed by atoms with Crippen molar-refractivity contribution in [3.8, 4) is 0 Å². The Morgan fingerprint density at radius 1 is 0.861 bits per heavy atom. The van der Waals surface area contributed by atoms with E-state index in [0.29, 0.717) is 0 Å². The lowest BCUT2D eigenvalue weighted by molar-refractivity contribution is -0.273. The van der Waals surface area contributed by atoms with Crippen LogP contribution in [-0.2, 0) is 20.8 Å². The molecule has 190 valence electrons. The standard InChI is InChI=1S/C19H24N12O5/c20-28-24-8-15-14(34-9-10-4-2-1-3-5-10)7-13(27-31-23)19(35-15)36-18-12(26-30-22)6-11(25-29-21)16(32)17(18)33/h1-5,11-19,32-33H,6-9H2/t11-,12+,13-,14+,15-,16+,17-,18-,19-/m1/s1. The van der Waals surface area contributed by atoms with Crippen LogP contribution in [0.5, 0.6) is 0 Å². The van der Waals surface area contributed by atoms with Gasteiger partial charge in [0.25, 0.3) is 0 Å². The third-order valence-electron chi connectivity index (χ3n) is 5.98. The average molecular weight is 500 g/mol. The summed E-state index contributed by atoms with van der Waals surface area (Å²) >= 11 is 0. The molecule has 9 atom stereocenters. The molecule has 0 aromatic heterocycles. The van der Waals surface area contributed by atoms with Gasteiger partial charge >= 0.3 is 0 Å². The summed E-state index contributed by atoms with van der Waals surface area (Å²) in [5.41, 5.74) is 36.5. The quantitative estimate of drug-likeness (QED) is 0.276. The molecule has 17 heteroatoms. The fraction of sp³-hybridized carbons (Fsp3) is 0.684. The molecule has 1 saturated heterocycles. The Kier molecular flexibility index (Phi) is 9.98. The summed E-state index contributed by atoms with van der Waals surface area (Å²) < 4.78 is 17.8. The third-order valence-corrected chi connectivity index (χ3v) is 5.98. The van der Waals surface area contributed by atoms with Crippen molar-refractivity contribution in [1.29, 1.82) is 0 Å². The summed E-state index contributed by atoms with van der Waals surface area (Å²) in [6, 6.07) is 6.33. The predicted molar refractivity (Wildman–Crippen MR) is 123 cm³/mol. The second kappa shape index (κ2) is 13.4. The second-order valence-electron chi connectivity index (χ2n) is 8.16. The minimum absolute atomic E-state index is 0.0963. The van der Waals surface area contributed by atoms with E-state index < -0.39 is 54.9 Å². The van der Waals surface area contributed by atoms with Gasteiger partial charge in [0, 0.05) is 19.6 Å². The SMILES string of the molecule is [N-]=[N+]=NC[C@H]1O[C@H](O[C@H]2[C@H](O)[C@@H](O)[C@H](N=[N+]=[N-])C[C@@H]2N=[N+]=[N-])[C@H](N=[N+]=[N-])C[C@@H]1OCc1ccccc1. The first-order valence-corrected chi connectivity index (χ1v) is 11.0. The molecule has 0 bridgehead atoms. The molecule has 2 N–H and O–H groups in total. The number of aliphatic hydroxyl groups is 2. The largest absolute Gasteiger partial charge is 0.390 e. The van der Waals surface area contributed by atoms with Crippen molar-refractivity contribution >= 4 is 0 Å². The highest BCUT2D eigenvalue weighted by molar-refractivity contribution is 5.13. The van der Waals surface area contributed by atoms with Crippen molar-refractivity contribution in [2.24, 2.45) is 20.5 Å². The van der Waals surface area contributed by atoms with E-state index in [1.807, 2.05) is 30.3 Å². The first-order chi connectivity index (χ1) is 17.5. The molecular weight excluding hydrogens is 476 g/mol. The smallest absolute Gasteiger partial charge is 0.167 e. The molecule has 1 aliphatic heterocycles. The van der Waals surface area contributed by atoms with Crippen LogP contribution in [0.4, 0.5) is 0 Å². The Bertz CT molecular complexity index is 1070. The molecule has 0 spiro atoms. The first-order valence-electron chi connectivity index (χ1n) is 11.0. The van der Waals surface area contributed by atoms with Gasteiger partial charge in [0.1, 0.15) is 6.10 Å². The lowest BCUT2D eigenvalue weighted by Crippen LogP contribution is -2.59. The molecule has 1 aliphatic carbocycles. The summed E-state index contributed by atoms with van der Waals surface area (Å²) in [4.78, 5) is 11.0. The molecule has 17 nitrogen and oxygen atoms in total. The normalized spacial score (nSPS) is 33.7. The molecule has 1 aromatic carbocycles. The van der Waals surface area contributed by atoms with Crippen LogP contribution >= 0.6 is 0 Å². The summed E-state index contributed by atoms with van der Waals surface area (Å²) in [5.74, 6) is 0. The number of aliphatic hydroxyl groups excluding tert-OH is 2. The highest BCUT2D eigenvalue weighted by Gasteiger charge is 2.47. The zero-order valence-corrected chi connectivity index (χ0v) is 18.9. The topological polar surface area (TPSA) is 263 Å². The van der Waals surface area contributed by atoms with Crippen LogP contribution in [0.25, 0.3) is 41.8 Å². The summed E-state index contributed by atoms with van der Waals surface area (Å²) in [6.07, 6.45) is -7.02. The maximum Gasteiger partial charge on any atom is 0.167 e. The Morgan fingerprint density at radius 2 is 1.53 bits per heavy atom.